The smallest absolute Gasteiger partial charge is 0.309 e. The minimum Gasteiger partial charge on any atom is -0.490 e. The van der Waals surface area contributed by atoms with Crippen molar-refractivity contribution in [1.29, 1.82) is 0 Å². The van der Waals surface area contributed by atoms with Crippen LogP contribution in [0.3, 0.4) is 0 Å². The fourth-order valence-corrected chi connectivity index (χ4v) is 12.0. The molecule has 19 heteroatoms. The van der Waals surface area contributed by atoms with Gasteiger partial charge >= 0.3 is 5.97 Å². The van der Waals surface area contributed by atoms with Gasteiger partial charge in [-0.3, -0.25) is 4.79 Å². The van der Waals surface area contributed by atoms with E-state index >= 15 is 0 Å². The number of carbonyl (C=O) groups is 1. The van der Waals surface area contributed by atoms with Crippen LogP contribution in [-0.4, -0.2) is 195 Å². The van der Waals surface area contributed by atoms with E-state index in [2.05, 4.69) is 16.9 Å². The number of cyclic esters (lactones) is 1. The Hall–Kier alpha value is -3.18. The third-order valence-electron chi connectivity index (χ3n) is 16.4. The lowest BCUT2D eigenvalue weighted by Gasteiger charge is -2.51. The number of aliphatic hydroxyl groups excluding tert-OH is 3. The van der Waals surface area contributed by atoms with Gasteiger partial charge in [0.25, 0.3) is 0 Å². The molecule has 1 aromatic carbocycles. The minimum absolute atomic E-state index is 0.171. The van der Waals surface area contributed by atoms with Gasteiger partial charge in [-0.2, -0.15) is 0 Å². The van der Waals surface area contributed by atoms with E-state index in [1.165, 1.54) is 25.8 Å². The summed E-state index contributed by atoms with van der Waals surface area (Å²) in [6.45, 7) is 21.9. The highest BCUT2D eigenvalue weighted by molar-refractivity contribution is 5.73. The maximum absolute atomic E-state index is 14.8. The monoisotopic (exact) mass is 1040 g/mol. The molecule has 3 aliphatic rings. The van der Waals surface area contributed by atoms with Crippen molar-refractivity contribution >= 4 is 5.97 Å². The maximum atomic E-state index is 14.8. The normalized spacial score (nSPS) is 39.5. The molecule has 416 valence electrons. The number of nitrogens with zero attached hydrogens (tertiary/aromatic N) is 5. The molecule has 5 N–H and O–H groups in total. The summed E-state index contributed by atoms with van der Waals surface area (Å²) in [4.78, 5) is 18.6. The molecule has 2 aromatic rings. The van der Waals surface area contributed by atoms with Gasteiger partial charge in [0.15, 0.2) is 6.29 Å². The lowest BCUT2D eigenvalue weighted by Crippen LogP contribution is -2.62. The van der Waals surface area contributed by atoms with Crippen molar-refractivity contribution in [3.63, 3.8) is 0 Å². The van der Waals surface area contributed by atoms with Crippen LogP contribution < -0.4 is 4.74 Å². The molecule has 1 unspecified atom stereocenters. The van der Waals surface area contributed by atoms with Gasteiger partial charge in [0.1, 0.15) is 61.2 Å². The molecule has 73 heavy (non-hydrogen) atoms. The van der Waals surface area contributed by atoms with E-state index in [1.807, 2.05) is 56.8 Å². The predicted octanol–water partition coefficient (Wildman–Crippen LogP) is 4.84. The molecule has 0 amide bonds. The van der Waals surface area contributed by atoms with Gasteiger partial charge in [-0.15, -0.1) is 5.10 Å². The van der Waals surface area contributed by atoms with Crippen LogP contribution in [0.15, 0.2) is 43.1 Å². The summed E-state index contributed by atoms with van der Waals surface area (Å²) in [6, 6.07) is 5.41. The molecule has 0 aliphatic carbocycles. The van der Waals surface area contributed by atoms with Crippen molar-refractivity contribution in [1.82, 2.24) is 24.8 Å². The number of halogens is 1. The number of aromatic nitrogens is 3. The molecule has 3 aliphatic heterocycles. The number of methoxy groups -OCH3 is 2. The highest BCUT2D eigenvalue weighted by atomic mass is 19.1. The quantitative estimate of drug-likeness (QED) is 0.106. The van der Waals surface area contributed by atoms with Crippen LogP contribution in [0.4, 0.5) is 4.39 Å². The van der Waals surface area contributed by atoms with E-state index in [4.69, 9.17) is 33.2 Å². The number of esters is 1. The standard InChI is InChI=1S/C54H90FN5O13/c1-16-24-69-39-20-18-37(19-21-39)46(67-14)41(28-55)60-30-38(56-57-60)22-23-58(12)40-25-32(4)70-51(45(40)61)73-49-33(5)44(42-27-53(10,68-15)48(63)36(8)71-42)34(6)50(64)72-43(17-2)54(11,66)47(62)35(7)59(13)29-31(3)26-52(49,9)65/h16,18-21,30-36,40-49,51,61-63,65-66H,1,17,22-29H2,2-15H3/t31-,32-,33+,34-,35-,36+,40+,41-,42?,43-,44+,45-,46-,47-,48+,49-,51+,52-,53-,54-/m1/s1. The first-order valence-electron chi connectivity index (χ1n) is 26.2. The summed E-state index contributed by atoms with van der Waals surface area (Å²) in [5.41, 5.74) is -3.16. The first-order valence-corrected chi connectivity index (χ1v) is 26.2. The largest absolute Gasteiger partial charge is 0.490 e. The van der Waals surface area contributed by atoms with E-state index in [1.54, 1.807) is 65.9 Å². The Labute approximate surface area is 433 Å². The Morgan fingerprint density at radius 1 is 1.01 bits per heavy atom. The SMILES string of the molecule is C=CCOc1ccc([C@@H](OC)[C@@H](CF)n2cc(CCN(C)[C@H]3C[C@@H](C)O[C@@H](O[C@@H]4[C@@H](C)[C@H](C5C[C@@](C)(OC)[C@@H](O)[C@H](C)O5)[C@@H](C)C(=O)O[C@H](CC)[C@@](C)(O)[C@H](O)[C@@H](C)N(C)C[C@H](C)C[C@@]4(C)O)[C@@H]3O)nn2)cc1. The second-order valence-corrected chi connectivity index (χ2v) is 22.3. The molecule has 0 spiro atoms. The highest BCUT2D eigenvalue weighted by Gasteiger charge is 2.55. The van der Waals surface area contributed by atoms with Gasteiger partial charge in [0.05, 0.1) is 47.2 Å². The van der Waals surface area contributed by atoms with Crippen LogP contribution in [0.1, 0.15) is 118 Å². The fourth-order valence-electron chi connectivity index (χ4n) is 12.0. The zero-order chi connectivity index (χ0) is 54.3. The van der Waals surface area contributed by atoms with E-state index < -0.39 is 127 Å². The van der Waals surface area contributed by atoms with E-state index in [-0.39, 0.29) is 25.2 Å². The molecule has 0 saturated carbocycles. The molecule has 0 bridgehead atoms. The minimum atomic E-state index is -1.83. The number of rotatable bonds is 17. The van der Waals surface area contributed by atoms with Crippen LogP contribution >= 0.6 is 0 Å². The Balaban J connectivity index is 1.44. The van der Waals surface area contributed by atoms with Crippen LogP contribution in [-0.2, 0) is 39.6 Å². The molecular weight excluding hydrogens is 946 g/mol. The summed E-state index contributed by atoms with van der Waals surface area (Å²) < 4.78 is 59.9. The molecule has 5 rings (SSSR count). The molecule has 3 fully saturated rings. The van der Waals surface area contributed by atoms with E-state index in [9.17, 15) is 34.7 Å². The summed E-state index contributed by atoms with van der Waals surface area (Å²) in [5.74, 6) is -2.61. The zero-order valence-electron chi connectivity index (χ0n) is 46.0. The number of hydrogen-bond donors (Lipinski definition) is 5. The average Bonchev–Trinajstić information content (AvgIpc) is 3.82. The number of hydrogen-bond acceptors (Lipinski definition) is 17. The summed E-state index contributed by atoms with van der Waals surface area (Å²) in [7, 11) is 6.78. The van der Waals surface area contributed by atoms with Crippen molar-refractivity contribution in [3.05, 3.63) is 54.4 Å². The van der Waals surface area contributed by atoms with Crippen LogP contribution in [0.5, 0.6) is 5.75 Å². The van der Waals surface area contributed by atoms with Gasteiger partial charge in [0, 0.05) is 64.3 Å². The number of ether oxygens (including phenoxy) is 7. The zero-order valence-corrected chi connectivity index (χ0v) is 46.0. The van der Waals surface area contributed by atoms with Crippen molar-refractivity contribution in [3.8, 4) is 5.75 Å². The van der Waals surface area contributed by atoms with Gasteiger partial charge in [-0.05, 0) is 104 Å². The van der Waals surface area contributed by atoms with E-state index in [0.29, 0.717) is 44.0 Å². The molecule has 18 nitrogen and oxygen atoms in total. The predicted molar refractivity (Wildman–Crippen MR) is 272 cm³/mol. The third kappa shape index (κ3) is 14.1. The first-order chi connectivity index (χ1) is 34.3. The summed E-state index contributed by atoms with van der Waals surface area (Å²) >= 11 is 0. The highest BCUT2D eigenvalue weighted by Crippen LogP contribution is 2.45. The van der Waals surface area contributed by atoms with Crippen molar-refractivity contribution < 1.29 is 67.9 Å². The Kier molecular flexibility index (Phi) is 21.4. The summed E-state index contributed by atoms with van der Waals surface area (Å²) in [6.07, 6.45) is -4.61. The third-order valence-corrected chi connectivity index (χ3v) is 16.4. The Morgan fingerprint density at radius 3 is 2.29 bits per heavy atom. The van der Waals surface area contributed by atoms with Crippen LogP contribution in [0, 0.1) is 23.7 Å². The van der Waals surface area contributed by atoms with Crippen molar-refractivity contribution in [2.75, 3.05) is 54.7 Å². The number of carbonyl (C=O) groups excluding carboxylic acids is 1. The Morgan fingerprint density at radius 2 is 1.68 bits per heavy atom. The van der Waals surface area contributed by atoms with Crippen LogP contribution in [0.25, 0.3) is 0 Å². The lowest BCUT2D eigenvalue weighted by atomic mass is 9.68. The van der Waals surface area contributed by atoms with Crippen molar-refractivity contribution in [2.24, 2.45) is 23.7 Å². The van der Waals surface area contributed by atoms with Crippen molar-refractivity contribution in [2.45, 2.75) is 197 Å². The number of aliphatic hydroxyl groups is 5. The van der Waals surface area contributed by atoms with Gasteiger partial charge in [0.2, 0.25) is 0 Å². The maximum Gasteiger partial charge on any atom is 0.309 e. The molecule has 3 saturated heterocycles. The fraction of sp³-hybridized carbons (Fsp3) is 0.796. The molecule has 0 radical (unpaired) electrons. The molecule has 4 heterocycles. The number of benzene rings is 1. The average molecular weight is 1040 g/mol. The van der Waals surface area contributed by atoms with Gasteiger partial charge in [-0.25, -0.2) is 9.07 Å². The lowest BCUT2D eigenvalue weighted by molar-refractivity contribution is -0.302. The van der Waals surface area contributed by atoms with E-state index in [0.717, 1.165) is 5.56 Å². The summed E-state index contributed by atoms with van der Waals surface area (Å²) in [5, 5.41) is 68.9. The topological polar surface area (TPSA) is 220 Å². The van der Waals surface area contributed by atoms with Gasteiger partial charge < -0.3 is 68.5 Å². The molecule has 20 atom stereocenters. The second kappa shape index (κ2) is 25.8. The van der Waals surface area contributed by atoms with Gasteiger partial charge in [-0.1, -0.05) is 57.7 Å². The molecular formula is C54H90FN5O13. The van der Waals surface area contributed by atoms with Crippen LogP contribution in [0.2, 0.25) is 0 Å². The number of alkyl halides is 1. The first kappa shape index (κ1) is 60.7. The molecule has 1 aromatic heterocycles. The Bertz CT molecular complexity index is 2030. The number of likely N-dealkylation sites (N-methyl/N-ethyl adjacent to an activating group) is 2. The second-order valence-electron chi connectivity index (χ2n) is 22.3.